The molecule has 0 saturated carbocycles. The third-order valence-electron chi connectivity index (χ3n) is 13.2. The van der Waals surface area contributed by atoms with E-state index in [0.717, 1.165) is 55.4 Å². The van der Waals surface area contributed by atoms with E-state index in [1.807, 2.05) is 0 Å². The van der Waals surface area contributed by atoms with Gasteiger partial charge in [0.25, 0.3) is 0 Å². The van der Waals surface area contributed by atoms with Crippen molar-refractivity contribution in [2.45, 2.75) is 44.4 Å². The summed E-state index contributed by atoms with van der Waals surface area (Å²) in [6.45, 7) is 9.48. The van der Waals surface area contributed by atoms with Crippen LogP contribution in [-0.2, 0) is 10.8 Å². The summed E-state index contributed by atoms with van der Waals surface area (Å²) in [5, 5.41) is 2.20. The zero-order chi connectivity index (χ0) is 37.8. The van der Waals surface area contributed by atoms with Gasteiger partial charge < -0.3 is 0 Å². The van der Waals surface area contributed by atoms with Crippen molar-refractivity contribution in [3.63, 3.8) is 0 Å². The van der Waals surface area contributed by atoms with E-state index >= 15 is 0 Å². The third-order valence-corrected chi connectivity index (χ3v) is 13.2. The summed E-state index contributed by atoms with van der Waals surface area (Å²) in [6, 6.07) is 53.4. The molecule has 0 fully saturated rings. The molecule has 0 aliphatic heterocycles. The highest BCUT2D eigenvalue weighted by atomic mass is 14.8. The molecule has 8 aromatic rings. The van der Waals surface area contributed by atoms with Gasteiger partial charge in [0.1, 0.15) is 0 Å². The molecule has 6 aromatic carbocycles. The lowest BCUT2D eigenvalue weighted by molar-refractivity contribution is 0.394. The van der Waals surface area contributed by atoms with E-state index in [2.05, 4.69) is 198 Å². The van der Waals surface area contributed by atoms with E-state index in [9.17, 15) is 0 Å². The molecule has 2 atom stereocenters. The summed E-state index contributed by atoms with van der Waals surface area (Å²) in [5.41, 5.74) is 18.8. The van der Waals surface area contributed by atoms with Crippen molar-refractivity contribution in [1.82, 2.24) is 9.97 Å². The van der Waals surface area contributed by atoms with Gasteiger partial charge in [-0.25, -0.2) is 9.97 Å². The molecule has 0 bridgehead atoms. The average molecular weight is 719 g/mol. The van der Waals surface area contributed by atoms with Gasteiger partial charge in [0.2, 0.25) is 0 Å². The van der Waals surface area contributed by atoms with E-state index in [4.69, 9.17) is 9.97 Å². The van der Waals surface area contributed by atoms with Gasteiger partial charge in [-0.1, -0.05) is 173 Å². The van der Waals surface area contributed by atoms with Gasteiger partial charge in [-0.15, -0.1) is 0 Å². The summed E-state index contributed by atoms with van der Waals surface area (Å²) in [7, 11) is 0. The van der Waals surface area contributed by atoms with Crippen LogP contribution in [0.15, 0.2) is 170 Å². The van der Waals surface area contributed by atoms with Crippen LogP contribution >= 0.6 is 0 Å². The first kappa shape index (κ1) is 33.0. The highest BCUT2D eigenvalue weighted by Crippen LogP contribution is 2.54. The molecular weight excluding hydrogens is 677 g/mol. The van der Waals surface area contributed by atoms with E-state index in [1.165, 1.54) is 44.5 Å². The fourth-order valence-corrected chi connectivity index (χ4v) is 10.2. The minimum absolute atomic E-state index is 0.00983. The molecular formula is C54H42N2. The first-order valence-corrected chi connectivity index (χ1v) is 19.9. The Morgan fingerprint density at radius 2 is 0.964 bits per heavy atom. The van der Waals surface area contributed by atoms with Crippen molar-refractivity contribution in [1.29, 1.82) is 0 Å². The maximum Gasteiger partial charge on any atom is 0.0978 e. The molecule has 56 heavy (non-hydrogen) atoms. The Balaban J connectivity index is 1.17. The second-order valence-electron chi connectivity index (χ2n) is 17.0. The number of pyridine rings is 2. The molecule has 268 valence electrons. The molecule has 0 amide bonds. The number of allylic oxidation sites excluding steroid dienone is 4. The number of fused-ring (bicyclic) bond motifs is 9. The lowest BCUT2D eigenvalue weighted by atomic mass is 9.74. The molecule has 0 radical (unpaired) electrons. The highest BCUT2D eigenvalue weighted by Gasteiger charge is 2.44. The van der Waals surface area contributed by atoms with Gasteiger partial charge in [0.15, 0.2) is 0 Å². The quantitative estimate of drug-likeness (QED) is 0.169. The largest absolute Gasteiger partial charge is 0.245 e. The lowest BCUT2D eigenvalue weighted by Crippen LogP contribution is -2.24. The second kappa shape index (κ2) is 12.1. The van der Waals surface area contributed by atoms with Gasteiger partial charge in [0, 0.05) is 33.2 Å². The standard InChI is InChI=1S/C54H42N2/c1-53(2)45-21-13-11-19-37(45)39-25-23-35(29-47(39)53)49-31-43(33-15-7-5-8-16-33)41-27-28-42-44(34-17-9-6-10-18-34)32-50(56-52(42)51(41)55-49)36-24-26-40-38-20-12-14-22-46(38)54(3,4)48(40)30-36/h5-32,37,45H,1-4H3. The van der Waals surface area contributed by atoms with Crippen molar-refractivity contribution in [3.8, 4) is 55.9 Å². The molecule has 2 aromatic heterocycles. The summed E-state index contributed by atoms with van der Waals surface area (Å²) < 4.78 is 0. The zero-order valence-corrected chi connectivity index (χ0v) is 32.2. The Morgan fingerprint density at radius 3 is 1.61 bits per heavy atom. The summed E-state index contributed by atoms with van der Waals surface area (Å²) >= 11 is 0. The zero-order valence-electron chi connectivity index (χ0n) is 32.2. The average Bonchev–Trinajstić information content (AvgIpc) is 3.62. The Morgan fingerprint density at radius 1 is 0.429 bits per heavy atom. The molecule has 0 N–H and O–H groups in total. The third kappa shape index (κ3) is 4.81. The van der Waals surface area contributed by atoms with Crippen LogP contribution in [0.4, 0.5) is 0 Å². The van der Waals surface area contributed by atoms with Crippen molar-refractivity contribution in [2.75, 3.05) is 0 Å². The van der Waals surface area contributed by atoms with Crippen molar-refractivity contribution in [3.05, 3.63) is 192 Å². The molecule has 3 aliphatic carbocycles. The van der Waals surface area contributed by atoms with Crippen molar-refractivity contribution < 1.29 is 0 Å². The number of benzene rings is 6. The van der Waals surface area contributed by atoms with Crippen LogP contribution in [0.2, 0.25) is 0 Å². The van der Waals surface area contributed by atoms with E-state index in [0.29, 0.717) is 11.8 Å². The van der Waals surface area contributed by atoms with Crippen molar-refractivity contribution in [2.24, 2.45) is 5.92 Å². The molecule has 2 heteroatoms. The molecule has 2 heterocycles. The fraction of sp³-hybridized carbons (Fsp3) is 0.148. The minimum Gasteiger partial charge on any atom is -0.245 e. The first-order valence-electron chi connectivity index (χ1n) is 19.9. The maximum absolute atomic E-state index is 5.61. The Labute approximate surface area is 329 Å². The van der Waals surface area contributed by atoms with Crippen LogP contribution in [0.3, 0.4) is 0 Å². The van der Waals surface area contributed by atoms with Gasteiger partial charge in [0.05, 0.1) is 22.4 Å². The van der Waals surface area contributed by atoms with Gasteiger partial charge >= 0.3 is 0 Å². The summed E-state index contributed by atoms with van der Waals surface area (Å²) in [5.74, 6) is 0.856. The first-order chi connectivity index (χ1) is 27.3. The number of nitrogens with zero attached hydrogens (tertiary/aromatic N) is 2. The van der Waals surface area contributed by atoms with Crippen LogP contribution in [0, 0.1) is 5.92 Å². The second-order valence-corrected chi connectivity index (χ2v) is 17.0. The molecule has 0 saturated heterocycles. The van der Waals surface area contributed by atoms with Gasteiger partial charge in [-0.2, -0.15) is 0 Å². The van der Waals surface area contributed by atoms with Crippen LogP contribution in [-0.4, -0.2) is 9.97 Å². The van der Waals surface area contributed by atoms with Gasteiger partial charge in [-0.3, -0.25) is 0 Å². The Kier molecular flexibility index (Phi) is 7.11. The van der Waals surface area contributed by atoms with E-state index < -0.39 is 0 Å². The van der Waals surface area contributed by atoms with E-state index in [-0.39, 0.29) is 10.8 Å². The SMILES string of the molecule is CC1(C)c2ccccc2-c2ccc(-c3cc(-c4ccccc4)c4ccc5c(-c6ccccc6)cc(-c6ccc7c(c6)C(C)(C)C6C=CC=CC76)nc5c4n3)cc21. The topological polar surface area (TPSA) is 25.8 Å². The number of aromatic nitrogens is 2. The number of rotatable bonds is 4. The lowest BCUT2D eigenvalue weighted by Gasteiger charge is -2.29. The minimum atomic E-state index is -0.108. The van der Waals surface area contributed by atoms with Crippen molar-refractivity contribution >= 4 is 21.8 Å². The summed E-state index contributed by atoms with van der Waals surface area (Å²) in [6.07, 6.45) is 9.19. The van der Waals surface area contributed by atoms with Crippen LogP contribution < -0.4 is 0 Å². The Bertz CT molecular complexity index is 2970. The molecule has 2 unspecified atom stereocenters. The number of hydrogen-bond donors (Lipinski definition) is 0. The van der Waals surface area contributed by atoms with Crippen LogP contribution in [0.1, 0.15) is 55.9 Å². The number of hydrogen-bond acceptors (Lipinski definition) is 2. The predicted molar refractivity (Wildman–Crippen MR) is 234 cm³/mol. The van der Waals surface area contributed by atoms with Crippen LogP contribution in [0.25, 0.3) is 77.7 Å². The normalized spacial score (nSPS) is 18.1. The fourth-order valence-electron chi connectivity index (χ4n) is 10.2. The molecule has 3 aliphatic rings. The monoisotopic (exact) mass is 718 g/mol. The Hall–Kier alpha value is -6.38. The maximum atomic E-state index is 5.61. The summed E-state index contributed by atoms with van der Waals surface area (Å²) in [4.78, 5) is 11.2. The molecule has 2 nitrogen and oxygen atoms in total. The molecule has 11 rings (SSSR count). The van der Waals surface area contributed by atoms with E-state index in [1.54, 1.807) is 0 Å². The smallest absolute Gasteiger partial charge is 0.0978 e. The highest BCUT2D eigenvalue weighted by molar-refractivity contribution is 6.13. The van der Waals surface area contributed by atoms with Gasteiger partial charge in [-0.05, 0) is 91.2 Å². The van der Waals surface area contributed by atoms with Crippen LogP contribution in [0.5, 0.6) is 0 Å². The molecule has 0 spiro atoms. The predicted octanol–water partition coefficient (Wildman–Crippen LogP) is 13.9.